The van der Waals surface area contributed by atoms with Crippen molar-refractivity contribution >= 4 is 22.3 Å². The van der Waals surface area contributed by atoms with Crippen LogP contribution < -0.4 is 11.5 Å². The van der Waals surface area contributed by atoms with Crippen LogP contribution in [0.3, 0.4) is 0 Å². The van der Waals surface area contributed by atoms with Crippen molar-refractivity contribution in [3.63, 3.8) is 0 Å². The molecule has 0 aliphatic heterocycles. The van der Waals surface area contributed by atoms with Gasteiger partial charge < -0.3 is 11.5 Å². The number of anilines is 2. The standard InChI is InChI=1S/C6H8N2.H4Si/c7-5-3-1-2-4-6(5)8;/h1-4H,7-8H2;1H4. The van der Waals surface area contributed by atoms with Crippen molar-refractivity contribution in [3.8, 4) is 0 Å². The summed E-state index contributed by atoms with van der Waals surface area (Å²) in [6.45, 7) is 0. The summed E-state index contributed by atoms with van der Waals surface area (Å²) < 4.78 is 0. The first-order valence-electron chi connectivity index (χ1n) is 2.40. The minimum atomic E-state index is 0. The number of hydrogen-bond donors (Lipinski definition) is 2. The molecule has 0 atom stereocenters. The molecule has 2 nitrogen and oxygen atoms in total. The number of hydrogen-bond acceptors (Lipinski definition) is 2. The topological polar surface area (TPSA) is 52.0 Å². The Morgan fingerprint density at radius 1 is 0.889 bits per heavy atom. The van der Waals surface area contributed by atoms with Gasteiger partial charge >= 0.3 is 0 Å². The molecule has 1 aromatic rings. The number of nitrogen functional groups attached to an aromatic ring is 2. The molecule has 50 valence electrons. The van der Waals surface area contributed by atoms with E-state index in [0.717, 1.165) is 0 Å². The molecule has 1 aromatic carbocycles. The quantitative estimate of drug-likeness (QED) is 0.373. The molecule has 0 saturated heterocycles. The van der Waals surface area contributed by atoms with Crippen molar-refractivity contribution in [2.45, 2.75) is 0 Å². The van der Waals surface area contributed by atoms with Crippen molar-refractivity contribution < 1.29 is 0 Å². The van der Waals surface area contributed by atoms with Crippen LogP contribution >= 0.6 is 0 Å². The molecule has 0 fully saturated rings. The Hall–Kier alpha value is -0.963. The fourth-order valence-corrected chi connectivity index (χ4v) is 0.511. The van der Waals surface area contributed by atoms with Gasteiger partial charge in [-0.2, -0.15) is 0 Å². The minimum Gasteiger partial charge on any atom is -0.397 e. The predicted molar refractivity (Wildman–Crippen MR) is 46.6 cm³/mol. The fraction of sp³-hybridized carbons (Fsp3) is 0. The van der Waals surface area contributed by atoms with E-state index in [9.17, 15) is 0 Å². The van der Waals surface area contributed by atoms with E-state index in [4.69, 9.17) is 11.5 Å². The smallest absolute Gasteiger partial charge is 0.0547 e. The average Bonchev–Trinajstić information content (AvgIpc) is 1.77. The summed E-state index contributed by atoms with van der Waals surface area (Å²) in [7, 11) is 0. The molecule has 9 heavy (non-hydrogen) atoms. The second-order valence-electron chi connectivity index (χ2n) is 1.63. The first kappa shape index (κ1) is 8.04. The van der Waals surface area contributed by atoms with Crippen LogP contribution in [0.4, 0.5) is 11.4 Å². The maximum atomic E-state index is 5.39. The molecular weight excluding hydrogens is 128 g/mol. The lowest BCUT2D eigenvalue weighted by Crippen LogP contribution is -1.91. The SMILES string of the molecule is Nc1ccccc1N.[SiH4]. The highest BCUT2D eigenvalue weighted by molar-refractivity contribution is 5.75. The second kappa shape index (κ2) is 3.14. The Bertz CT molecular complexity index is 167. The first-order valence-corrected chi connectivity index (χ1v) is 2.40. The largest absolute Gasteiger partial charge is 0.397 e. The Morgan fingerprint density at radius 3 is 1.44 bits per heavy atom. The van der Waals surface area contributed by atoms with Gasteiger partial charge in [-0.3, -0.25) is 0 Å². The van der Waals surface area contributed by atoms with Crippen LogP contribution in [-0.4, -0.2) is 11.0 Å². The molecule has 0 heterocycles. The lowest BCUT2D eigenvalue weighted by molar-refractivity contribution is 1.67. The lowest BCUT2D eigenvalue weighted by atomic mass is 10.3. The third-order valence-electron chi connectivity index (χ3n) is 0.996. The van der Waals surface area contributed by atoms with Gasteiger partial charge in [-0.15, -0.1) is 0 Å². The van der Waals surface area contributed by atoms with Crippen LogP contribution in [0.1, 0.15) is 0 Å². The fourth-order valence-electron chi connectivity index (χ4n) is 0.511. The summed E-state index contributed by atoms with van der Waals surface area (Å²) in [6, 6.07) is 7.25. The highest BCUT2D eigenvalue weighted by Crippen LogP contribution is 2.10. The summed E-state index contributed by atoms with van der Waals surface area (Å²) in [5.74, 6) is 0. The monoisotopic (exact) mass is 140 g/mol. The van der Waals surface area contributed by atoms with E-state index in [2.05, 4.69) is 0 Å². The van der Waals surface area contributed by atoms with Gasteiger partial charge in [0, 0.05) is 0 Å². The second-order valence-corrected chi connectivity index (χ2v) is 1.63. The van der Waals surface area contributed by atoms with E-state index >= 15 is 0 Å². The summed E-state index contributed by atoms with van der Waals surface area (Å²) >= 11 is 0. The summed E-state index contributed by atoms with van der Waals surface area (Å²) in [4.78, 5) is 0. The predicted octanol–water partition coefficient (Wildman–Crippen LogP) is -0.601. The van der Waals surface area contributed by atoms with E-state index in [-0.39, 0.29) is 11.0 Å². The van der Waals surface area contributed by atoms with E-state index in [1.165, 1.54) is 0 Å². The minimum absolute atomic E-state index is 0. The van der Waals surface area contributed by atoms with Gasteiger partial charge in [0.05, 0.1) is 11.4 Å². The molecule has 0 aromatic heterocycles. The number of nitrogens with two attached hydrogens (primary N) is 2. The zero-order valence-corrected chi connectivity index (χ0v) is 4.46. The van der Waals surface area contributed by atoms with Crippen LogP contribution in [0.2, 0.25) is 0 Å². The zero-order chi connectivity index (χ0) is 5.98. The molecule has 0 aliphatic carbocycles. The number of rotatable bonds is 0. The highest BCUT2D eigenvalue weighted by atomic mass is 28.1. The van der Waals surface area contributed by atoms with Crippen LogP contribution in [0.25, 0.3) is 0 Å². The van der Waals surface area contributed by atoms with Crippen LogP contribution in [0.5, 0.6) is 0 Å². The van der Waals surface area contributed by atoms with Crippen molar-refractivity contribution in [2.24, 2.45) is 0 Å². The van der Waals surface area contributed by atoms with Crippen molar-refractivity contribution in [2.75, 3.05) is 11.5 Å². The molecule has 3 heteroatoms. The average molecular weight is 140 g/mol. The molecule has 0 unspecified atom stereocenters. The summed E-state index contributed by atoms with van der Waals surface area (Å²) in [5.41, 5.74) is 12.1. The molecule has 0 radical (unpaired) electrons. The van der Waals surface area contributed by atoms with Gasteiger partial charge in [-0.25, -0.2) is 0 Å². The van der Waals surface area contributed by atoms with Gasteiger partial charge in [-0.05, 0) is 23.1 Å². The Kier molecular flexibility index (Phi) is 2.80. The maximum absolute atomic E-state index is 5.39. The maximum Gasteiger partial charge on any atom is 0.0547 e. The summed E-state index contributed by atoms with van der Waals surface area (Å²) in [6.07, 6.45) is 0. The Morgan fingerprint density at radius 2 is 1.22 bits per heavy atom. The van der Waals surface area contributed by atoms with Gasteiger partial charge in [0.2, 0.25) is 0 Å². The van der Waals surface area contributed by atoms with E-state index < -0.39 is 0 Å². The number of para-hydroxylation sites is 2. The Balaban J connectivity index is 0.000000640. The Labute approximate surface area is 58.9 Å². The zero-order valence-electron chi connectivity index (χ0n) is 4.46. The van der Waals surface area contributed by atoms with Gasteiger partial charge in [0.1, 0.15) is 0 Å². The molecule has 0 aliphatic rings. The van der Waals surface area contributed by atoms with Gasteiger partial charge in [0.15, 0.2) is 0 Å². The number of benzene rings is 1. The molecule has 0 saturated carbocycles. The molecular formula is C6H12N2Si. The lowest BCUT2D eigenvalue weighted by Gasteiger charge is -1.94. The van der Waals surface area contributed by atoms with E-state index in [0.29, 0.717) is 11.4 Å². The third-order valence-corrected chi connectivity index (χ3v) is 0.996. The van der Waals surface area contributed by atoms with Crippen LogP contribution in [0.15, 0.2) is 24.3 Å². The van der Waals surface area contributed by atoms with Crippen molar-refractivity contribution in [1.29, 1.82) is 0 Å². The van der Waals surface area contributed by atoms with E-state index in [1.54, 1.807) is 12.1 Å². The molecule has 0 spiro atoms. The van der Waals surface area contributed by atoms with Crippen LogP contribution in [0, 0.1) is 0 Å². The molecule has 0 amide bonds. The van der Waals surface area contributed by atoms with Crippen LogP contribution in [-0.2, 0) is 0 Å². The van der Waals surface area contributed by atoms with Crippen molar-refractivity contribution in [3.05, 3.63) is 24.3 Å². The third kappa shape index (κ3) is 1.77. The van der Waals surface area contributed by atoms with Gasteiger partial charge in [0.25, 0.3) is 0 Å². The normalized spacial score (nSPS) is 8.00. The van der Waals surface area contributed by atoms with Gasteiger partial charge in [-0.1, -0.05) is 12.1 Å². The molecule has 0 bridgehead atoms. The molecule has 4 N–H and O–H groups in total. The first-order chi connectivity index (χ1) is 3.80. The highest BCUT2D eigenvalue weighted by Gasteiger charge is 1.85. The summed E-state index contributed by atoms with van der Waals surface area (Å²) in [5, 5.41) is 0. The molecule has 1 rings (SSSR count). The van der Waals surface area contributed by atoms with E-state index in [1.807, 2.05) is 12.1 Å². The van der Waals surface area contributed by atoms with Crippen molar-refractivity contribution in [1.82, 2.24) is 0 Å².